The summed E-state index contributed by atoms with van der Waals surface area (Å²) >= 11 is 0. The van der Waals surface area contributed by atoms with Crippen LogP contribution in [0.3, 0.4) is 0 Å². The first-order valence-corrected chi connectivity index (χ1v) is 14.4. The van der Waals surface area contributed by atoms with Gasteiger partial charge >= 0.3 is 0 Å². The number of nitrogens with zero attached hydrogens (tertiary/aromatic N) is 1. The molecule has 0 spiro atoms. The zero-order valence-electron chi connectivity index (χ0n) is 23.3. The number of fused-ring (bicyclic) bond motifs is 6. The van der Waals surface area contributed by atoms with Gasteiger partial charge in [-0.3, -0.25) is 5.41 Å². The molecule has 2 heterocycles. The van der Waals surface area contributed by atoms with E-state index >= 15 is 0 Å². The van der Waals surface area contributed by atoms with Crippen molar-refractivity contribution >= 4 is 55.3 Å². The topological polar surface area (TPSA) is 54.0 Å². The Morgan fingerprint density at radius 1 is 0.690 bits per heavy atom. The summed E-state index contributed by atoms with van der Waals surface area (Å²) in [6.07, 6.45) is 6.14. The third kappa shape index (κ3) is 3.72. The smallest absolute Gasteiger partial charge is 0.143 e. The second-order valence-corrected chi connectivity index (χ2v) is 10.9. The highest BCUT2D eigenvalue weighted by Crippen LogP contribution is 2.42. The summed E-state index contributed by atoms with van der Waals surface area (Å²) < 4.78 is 9.10. The normalized spacial score (nSPS) is 13.5. The minimum absolute atomic E-state index is 0.449. The van der Waals surface area contributed by atoms with Crippen LogP contribution in [0, 0.1) is 5.41 Å². The molecule has 2 N–H and O–H groups in total. The van der Waals surface area contributed by atoms with E-state index in [0.29, 0.717) is 5.84 Å². The first kappa shape index (κ1) is 24.4. The number of para-hydroxylation sites is 3. The highest BCUT2D eigenvalue weighted by Gasteiger charge is 2.19. The van der Waals surface area contributed by atoms with Crippen LogP contribution >= 0.6 is 0 Å². The molecule has 0 bridgehead atoms. The summed E-state index contributed by atoms with van der Waals surface area (Å²) in [6, 6.07) is 38.7. The fraction of sp³-hybridized carbons (Fsp3) is 0.0789. The molecule has 7 aromatic rings. The summed E-state index contributed by atoms with van der Waals surface area (Å²) in [5.74, 6) is 0.449. The van der Waals surface area contributed by atoms with Gasteiger partial charge in [0.25, 0.3) is 0 Å². The maximum atomic E-state index is 8.32. The Balaban J connectivity index is 1.33. The van der Waals surface area contributed by atoms with Crippen molar-refractivity contribution in [3.63, 3.8) is 0 Å². The summed E-state index contributed by atoms with van der Waals surface area (Å²) in [4.78, 5) is 0. The molecular formula is C38H29N3O. The molecule has 4 nitrogen and oxygen atoms in total. The van der Waals surface area contributed by atoms with Crippen LogP contribution in [0.25, 0.3) is 71.7 Å². The molecule has 202 valence electrons. The highest BCUT2D eigenvalue weighted by molar-refractivity contribution is 6.15. The number of furan rings is 1. The Morgan fingerprint density at radius 3 is 2.12 bits per heavy atom. The molecule has 1 aliphatic carbocycles. The van der Waals surface area contributed by atoms with Crippen LogP contribution in [0.4, 0.5) is 0 Å². The molecule has 0 unspecified atom stereocenters. The third-order valence-corrected chi connectivity index (χ3v) is 8.51. The van der Waals surface area contributed by atoms with Crippen molar-refractivity contribution in [2.24, 2.45) is 0 Å². The van der Waals surface area contributed by atoms with Crippen molar-refractivity contribution in [2.75, 3.05) is 7.05 Å². The molecule has 8 rings (SSSR count). The fourth-order valence-corrected chi connectivity index (χ4v) is 6.52. The third-order valence-electron chi connectivity index (χ3n) is 8.51. The number of benzene rings is 5. The van der Waals surface area contributed by atoms with Gasteiger partial charge in [-0.2, -0.15) is 0 Å². The number of hydrogen-bond acceptors (Lipinski definition) is 2. The van der Waals surface area contributed by atoms with Crippen molar-refractivity contribution in [2.45, 2.75) is 12.8 Å². The van der Waals surface area contributed by atoms with Crippen molar-refractivity contribution in [3.8, 4) is 22.3 Å². The van der Waals surface area contributed by atoms with Gasteiger partial charge < -0.3 is 14.3 Å². The lowest BCUT2D eigenvalue weighted by Crippen LogP contribution is -2.19. The van der Waals surface area contributed by atoms with Gasteiger partial charge in [0.15, 0.2) is 0 Å². The Labute approximate surface area is 243 Å². The lowest BCUT2D eigenvalue weighted by atomic mass is 9.99. The molecular weight excluding hydrogens is 514 g/mol. The van der Waals surface area contributed by atoms with Gasteiger partial charge in [0, 0.05) is 51.0 Å². The van der Waals surface area contributed by atoms with Crippen LogP contribution in [-0.4, -0.2) is 17.5 Å². The number of allylic oxidation sites excluding steroid dienone is 2. The largest absolute Gasteiger partial charge is 0.455 e. The van der Waals surface area contributed by atoms with E-state index in [0.717, 1.165) is 62.6 Å². The van der Waals surface area contributed by atoms with E-state index in [9.17, 15) is 0 Å². The molecule has 0 saturated heterocycles. The molecule has 5 aromatic carbocycles. The average molecular weight is 544 g/mol. The molecule has 0 fully saturated rings. The molecule has 2 aromatic heterocycles. The Morgan fingerprint density at radius 2 is 1.36 bits per heavy atom. The molecule has 4 heteroatoms. The minimum atomic E-state index is 0.449. The highest BCUT2D eigenvalue weighted by atomic mass is 16.3. The average Bonchev–Trinajstić information content (AvgIpc) is 3.60. The first-order chi connectivity index (χ1) is 20.7. The summed E-state index contributed by atoms with van der Waals surface area (Å²) in [5, 5.41) is 16.0. The zero-order chi connectivity index (χ0) is 28.2. The van der Waals surface area contributed by atoms with Crippen LogP contribution in [0.1, 0.15) is 12.8 Å². The first-order valence-electron chi connectivity index (χ1n) is 14.4. The monoisotopic (exact) mass is 543 g/mol. The van der Waals surface area contributed by atoms with E-state index in [-0.39, 0.29) is 0 Å². The molecule has 0 radical (unpaired) electrons. The molecule has 1 aliphatic rings. The second kappa shape index (κ2) is 9.64. The summed E-state index contributed by atoms with van der Waals surface area (Å²) in [6.45, 7) is 0. The SMILES string of the molecule is CNC(=N)C1=CCCC(n2c3ccccc3c3cc(-c4cccc5c4oc4c(-c6ccccc6)cccc45)ccc32)=C1. The maximum Gasteiger partial charge on any atom is 0.143 e. The zero-order valence-corrected chi connectivity index (χ0v) is 23.3. The van der Waals surface area contributed by atoms with Crippen LogP contribution in [0.15, 0.2) is 131 Å². The number of aromatic nitrogens is 1. The van der Waals surface area contributed by atoms with E-state index in [1.807, 2.05) is 6.07 Å². The maximum absolute atomic E-state index is 8.32. The van der Waals surface area contributed by atoms with E-state index in [2.05, 4.69) is 125 Å². The molecule has 42 heavy (non-hydrogen) atoms. The number of amidine groups is 1. The predicted octanol–water partition coefficient (Wildman–Crippen LogP) is 9.79. The standard InChI is InChI=1S/C38H29N3O/c1-40-38(39)26-12-7-13-27(22-26)41-34-19-6-5-14-30(34)33-23-25(20-21-35(33)41)29-16-9-18-32-31-17-8-15-28(36(31)42-37(29)32)24-10-3-2-4-11-24/h2-6,8-12,14-23H,7,13H2,1H3,(H2,39,40). The van der Waals surface area contributed by atoms with Gasteiger partial charge in [-0.05, 0) is 48.2 Å². The van der Waals surface area contributed by atoms with Crippen LogP contribution in [0.5, 0.6) is 0 Å². The quantitative estimate of drug-likeness (QED) is 0.171. The Hall–Kier alpha value is -5.35. The van der Waals surface area contributed by atoms with Gasteiger partial charge in [0.2, 0.25) is 0 Å². The Bertz CT molecular complexity index is 2250. The van der Waals surface area contributed by atoms with Crippen LogP contribution < -0.4 is 5.32 Å². The van der Waals surface area contributed by atoms with E-state index in [1.54, 1.807) is 7.05 Å². The van der Waals surface area contributed by atoms with Crippen LogP contribution in [-0.2, 0) is 0 Å². The number of hydrogen-bond donors (Lipinski definition) is 2. The fourth-order valence-electron chi connectivity index (χ4n) is 6.52. The van der Waals surface area contributed by atoms with Crippen molar-refractivity contribution in [1.82, 2.24) is 9.88 Å². The van der Waals surface area contributed by atoms with Crippen molar-refractivity contribution in [3.05, 3.63) is 127 Å². The molecule has 0 saturated carbocycles. The summed E-state index contributed by atoms with van der Waals surface area (Å²) in [5.41, 5.74) is 10.8. The minimum Gasteiger partial charge on any atom is -0.455 e. The van der Waals surface area contributed by atoms with Gasteiger partial charge in [0.05, 0.1) is 11.0 Å². The molecule has 0 amide bonds. The van der Waals surface area contributed by atoms with E-state index < -0.39 is 0 Å². The summed E-state index contributed by atoms with van der Waals surface area (Å²) in [7, 11) is 1.80. The molecule has 0 atom stereocenters. The van der Waals surface area contributed by atoms with Crippen LogP contribution in [0.2, 0.25) is 0 Å². The van der Waals surface area contributed by atoms with Crippen molar-refractivity contribution in [1.29, 1.82) is 5.41 Å². The molecule has 0 aliphatic heterocycles. The van der Waals surface area contributed by atoms with Crippen molar-refractivity contribution < 1.29 is 4.42 Å². The number of likely N-dealkylation sites (N-methyl/N-ethyl adjacent to an activating group) is 1. The second-order valence-electron chi connectivity index (χ2n) is 10.9. The number of nitrogens with one attached hydrogen (secondary N) is 2. The number of rotatable bonds is 4. The lowest BCUT2D eigenvalue weighted by Gasteiger charge is -2.18. The predicted molar refractivity (Wildman–Crippen MR) is 176 cm³/mol. The lowest BCUT2D eigenvalue weighted by molar-refractivity contribution is 0.671. The van der Waals surface area contributed by atoms with E-state index in [1.165, 1.54) is 27.5 Å². The van der Waals surface area contributed by atoms with E-state index in [4.69, 9.17) is 9.83 Å². The van der Waals surface area contributed by atoms with Gasteiger partial charge in [-0.15, -0.1) is 0 Å². The Kier molecular flexibility index (Phi) is 5.61. The van der Waals surface area contributed by atoms with Gasteiger partial charge in [0.1, 0.15) is 17.0 Å². The van der Waals surface area contributed by atoms with Gasteiger partial charge in [-0.1, -0.05) is 97.1 Å². The van der Waals surface area contributed by atoms with Gasteiger partial charge in [-0.25, -0.2) is 0 Å².